The first kappa shape index (κ1) is 52.1. The van der Waals surface area contributed by atoms with Gasteiger partial charge in [0.1, 0.15) is 0 Å². The SMILES string of the molecule is COCCOCCOCCOCCOCCOCCOCCOCCOCCOCCOCCOCCNC(=O)c1ccc(CN2C=CN(c3c(C)cc(C)cc3C)C2)cc1. The molecule has 61 heavy (non-hydrogen) atoms. The van der Waals surface area contributed by atoms with Gasteiger partial charge >= 0.3 is 0 Å². The monoisotopic (exact) mass is 864 g/mol. The van der Waals surface area contributed by atoms with Gasteiger partial charge in [-0.15, -0.1) is 0 Å². The summed E-state index contributed by atoms with van der Waals surface area (Å²) in [6.07, 6.45) is 4.26. The summed E-state index contributed by atoms with van der Waals surface area (Å²) in [6, 6.07) is 12.2. The van der Waals surface area contributed by atoms with Crippen molar-refractivity contribution in [2.75, 3.05) is 177 Å². The standard InChI is InChI=1S/C45H73N3O13/c1-39-35-40(2)44(41(3)36-39)48-11-10-47(38-48)37-42-5-7-43(8-6-42)45(49)46-9-12-51-15-16-53-19-20-55-23-24-57-27-28-59-31-32-61-34-33-60-30-29-58-26-25-56-22-21-54-18-17-52-14-13-50-4/h5-8,10-11,35-36H,9,12-34,37-38H2,1-4H3,(H,46,49). The Bertz CT molecular complexity index is 1400. The van der Waals surface area contributed by atoms with Crippen molar-refractivity contribution in [2.24, 2.45) is 0 Å². The molecule has 16 heteroatoms. The lowest BCUT2D eigenvalue weighted by Crippen LogP contribution is -2.28. The third kappa shape index (κ3) is 25.5. The zero-order chi connectivity index (χ0) is 43.4. The van der Waals surface area contributed by atoms with Crippen LogP contribution >= 0.6 is 0 Å². The van der Waals surface area contributed by atoms with E-state index in [1.54, 1.807) is 7.11 Å². The zero-order valence-electron chi connectivity index (χ0n) is 37.2. The van der Waals surface area contributed by atoms with Crippen LogP contribution in [0, 0.1) is 20.8 Å². The second-order valence-electron chi connectivity index (χ2n) is 14.1. The van der Waals surface area contributed by atoms with Gasteiger partial charge in [0.15, 0.2) is 0 Å². The highest BCUT2D eigenvalue weighted by Crippen LogP contribution is 2.29. The summed E-state index contributed by atoms with van der Waals surface area (Å²) in [5.41, 5.74) is 6.88. The van der Waals surface area contributed by atoms with E-state index < -0.39 is 0 Å². The minimum Gasteiger partial charge on any atom is -0.382 e. The van der Waals surface area contributed by atoms with E-state index in [2.05, 4.69) is 60.4 Å². The number of rotatable bonds is 40. The number of methoxy groups -OCH3 is 1. The van der Waals surface area contributed by atoms with E-state index in [1.807, 2.05) is 24.3 Å². The topological polar surface area (TPSA) is 146 Å². The molecule has 1 aliphatic rings. The molecule has 3 rings (SSSR count). The van der Waals surface area contributed by atoms with Gasteiger partial charge in [-0.05, 0) is 49.6 Å². The molecule has 0 atom stereocenters. The Morgan fingerprint density at radius 1 is 0.508 bits per heavy atom. The molecule has 0 saturated carbocycles. The summed E-state index contributed by atoms with van der Waals surface area (Å²) in [5, 5.41) is 2.91. The van der Waals surface area contributed by atoms with E-state index in [9.17, 15) is 4.79 Å². The number of hydrogen-bond donors (Lipinski definition) is 1. The van der Waals surface area contributed by atoms with Crippen LogP contribution in [-0.4, -0.2) is 183 Å². The predicted molar refractivity (Wildman–Crippen MR) is 232 cm³/mol. The lowest BCUT2D eigenvalue weighted by molar-refractivity contribution is -0.0279. The van der Waals surface area contributed by atoms with Crippen molar-refractivity contribution >= 4 is 11.6 Å². The summed E-state index contributed by atoms with van der Waals surface area (Å²) in [4.78, 5) is 17.2. The van der Waals surface area contributed by atoms with Crippen LogP contribution in [0.4, 0.5) is 5.69 Å². The second-order valence-corrected chi connectivity index (χ2v) is 14.1. The average molecular weight is 864 g/mol. The van der Waals surface area contributed by atoms with Gasteiger partial charge in [-0.2, -0.15) is 0 Å². The van der Waals surface area contributed by atoms with Crippen LogP contribution in [0.2, 0.25) is 0 Å². The Balaban J connectivity index is 0.982. The largest absolute Gasteiger partial charge is 0.382 e. The molecule has 0 spiro atoms. The Morgan fingerprint density at radius 2 is 0.869 bits per heavy atom. The van der Waals surface area contributed by atoms with Gasteiger partial charge in [0, 0.05) is 43.9 Å². The molecule has 0 aliphatic carbocycles. The summed E-state index contributed by atoms with van der Waals surface area (Å²) in [7, 11) is 1.64. The van der Waals surface area contributed by atoms with Gasteiger partial charge in [0.25, 0.3) is 5.91 Å². The maximum atomic E-state index is 12.6. The summed E-state index contributed by atoms with van der Waals surface area (Å²) in [6.45, 7) is 20.0. The number of anilines is 1. The van der Waals surface area contributed by atoms with Gasteiger partial charge in [0.05, 0.1) is 159 Å². The van der Waals surface area contributed by atoms with Gasteiger partial charge in [-0.25, -0.2) is 0 Å². The Kier molecular flexibility index (Phi) is 30.1. The van der Waals surface area contributed by atoms with Crippen LogP contribution < -0.4 is 10.2 Å². The fourth-order valence-corrected chi connectivity index (χ4v) is 6.12. The first-order chi connectivity index (χ1) is 30.0. The molecule has 1 N–H and O–H groups in total. The normalized spacial score (nSPS) is 12.6. The molecule has 2 aromatic rings. The number of amides is 1. The van der Waals surface area contributed by atoms with E-state index in [1.165, 1.54) is 22.4 Å². The number of nitrogens with one attached hydrogen (secondary N) is 1. The molecular weight excluding hydrogens is 791 g/mol. The molecule has 0 saturated heterocycles. The molecule has 0 unspecified atom stereocenters. The highest BCUT2D eigenvalue weighted by molar-refractivity contribution is 5.94. The molecule has 0 bridgehead atoms. The first-order valence-electron chi connectivity index (χ1n) is 21.5. The van der Waals surface area contributed by atoms with E-state index in [4.69, 9.17) is 56.8 Å². The first-order valence-corrected chi connectivity index (χ1v) is 21.5. The molecule has 1 aliphatic heterocycles. The second kappa shape index (κ2) is 35.3. The predicted octanol–water partition coefficient (Wildman–Crippen LogP) is 3.92. The fraction of sp³-hybridized carbons (Fsp3) is 0.667. The number of ether oxygens (including phenoxy) is 12. The van der Waals surface area contributed by atoms with Crippen LogP contribution in [0.3, 0.4) is 0 Å². The van der Waals surface area contributed by atoms with Crippen molar-refractivity contribution in [3.05, 3.63) is 76.6 Å². The van der Waals surface area contributed by atoms with Crippen molar-refractivity contribution in [2.45, 2.75) is 27.3 Å². The van der Waals surface area contributed by atoms with E-state index in [0.717, 1.165) is 18.8 Å². The van der Waals surface area contributed by atoms with Crippen molar-refractivity contribution in [1.29, 1.82) is 0 Å². The van der Waals surface area contributed by atoms with Crippen LogP contribution in [0.5, 0.6) is 0 Å². The van der Waals surface area contributed by atoms with E-state index >= 15 is 0 Å². The molecule has 1 amide bonds. The van der Waals surface area contributed by atoms with Crippen LogP contribution in [0.15, 0.2) is 48.8 Å². The smallest absolute Gasteiger partial charge is 0.251 e. The Morgan fingerprint density at radius 3 is 1.25 bits per heavy atom. The minimum absolute atomic E-state index is 0.117. The number of nitrogens with zero attached hydrogens (tertiary/aromatic N) is 2. The van der Waals surface area contributed by atoms with Crippen LogP contribution in [-0.2, 0) is 63.4 Å². The zero-order valence-corrected chi connectivity index (χ0v) is 37.2. The summed E-state index contributed by atoms with van der Waals surface area (Å²) >= 11 is 0. The third-order valence-electron chi connectivity index (χ3n) is 9.00. The van der Waals surface area contributed by atoms with Crippen LogP contribution in [0.1, 0.15) is 32.6 Å². The van der Waals surface area contributed by atoms with Crippen LogP contribution in [0.25, 0.3) is 0 Å². The molecule has 346 valence electrons. The molecule has 0 fully saturated rings. The van der Waals surface area contributed by atoms with Crippen molar-refractivity contribution in [3.8, 4) is 0 Å². The molecule has 0 radical (unpaired) electrons. The molecular formula is C45H73N3O13. The number of carbonyl (C=O) groups is 1. The number of benzene rings is 2. The average Bonchev–Trinajstić information content (AvgIpc) is 3.70. The number of aryl methyl sites for hydroxylation is 3. The minimum atomic E-state index is -0.117. The maximum absolute atomic E-state index is 12.6. The molecule has 16 nitrogen and oxygen atoms in total. The van der Waals surface area contributed by atoms with E-state index in [0.29, 0.717) is 164 Å². The number of hydrogen-bond acceptors (Lipinski definition) is 15. The molecule has 1 heterocycles. The highest BCUT2D eigenvalue weighted by Gasteiger charge is 2.18. The number of carbonyl (C=O) groups excluding carboxylic acids is 1. The molecule has 2 aromatic carbocycles. The van der Waals surface area contributed by atoms with Crippen molar-refractivity contribution in [1.82, 2.24) is 10.2 Å². The highest BCUT2D eigenvalue weighted by atomic mass is 16.6. The fourth-order valence-electron chi connectivity index (χ4n) is 6.12. The third-order valence-corrected chi connectivity index (χ3v) is 9.00. The summed E-state index contributed by atoms with van der Waals surface area (Å²) < 4.78 is 65.2. The Labute approximate surface area is 363 Å². The van der Waals surface area contributed by atoms with E-state index in [-0.39, 0.29) is 5.91 Å². The van der Waals surface area contributed by atoms with Gasteiger partial charge in [-0.3, -0.25) is 4.79 Å². The summed E-state index contributed by atoms with van der Waals surface area (Å²) in [5.74, 6) is -0.117. The maximum Gasteiger partial charge on any atom is 0.251 e. The van der Waals surface area contributed by atoms with Gasteiger partial charge in [0.2, 0.25) is 0 Å². The lowest BCUT2D eigenvalue weighted by Gasteiger charge is -2.25. The van der Waals surface area contributed by atoms with Crippen molar-refractivity contribution in [3.63, 3.8) is 0 Å². The lowest BCUT2D eigenvalue weighted by atomic mass is 10.0. The van der Waals surface area contributed by atoms with Gasteiger partial charge in [-0.1, -0.05) is 29.8 Å². The van der Waals surface area contributed by atoms with Gasteiger partial charge < -0.3 is 72.0 Å². The quantitative estimate of drug-likeness (QED) is 0.0966. The molecule has 0 aromatic heterocycles. The Hall–Kier alpha value is -3.23. The van der Waals surface area contributed by atoms with Crippen molar-refractivity contribution < 1.29 is 61.6 Å².